The predicted octanol–water partition coefficient (Wildman–Crippen LogP) is 4.75. The summed E-state index contributed by atoms with van der Waals surface area (Å²) in [4.78, 5) is 12.0. The van der Waals surface area contributed by atoms with E-state index in [4.69, 9.17) is 0 Å². The normalized spacial score (nSPS) is 15.6. The zero-order valence-corrected chi connectivity index (χ0v) is 11.8. The van der Waals surface area contributed by atoms with Gasteiger partial charge in [-0.15, -0.1) is 0 Å². The van der Waals surface area contributed by atoms with Crippen LogP contribution in [0.15, 0.2) is 42.5 Å². The second-order valence-corrected chi connectivity index (χ2v) is 5.80. The van der Waals surface area contributed by atoms with E-state index in [1.54, 1.807) is 0 Å². The highest BCUT2D eigenvalue weighted by molar-refractivity contribution is 5.94. The van der Waals surface area contributed by atoms with Crippen molar-refractivity contribution in [2.24, 2.45) is 5.92 Å². The van der Waals surface area contributed by atoms with Gasteiger partial charge in [-0.25, -0.2) is 0 Å². The van der Waals surface area contributed by atoms with Crippen molar-refractivity contribution >= 4 is 22.4 Å². The van der Waals surface area contributed by atoms with E-state index in [2.05, 4.69) is 23.5 Å². The third-order valence-electron chi connectivity index (χ3n) is 4.29. The van der Waals surface area contributed by atoms with Crippen molar-refractivity contribution in [1.29, 1.82) is 0 Å². The Balaban J connectivity index is 1.59. The summed E-state index contributed by atoms with van der Waals surface area (Å²) in [6, 6.07) is 14.3. The quantitative estimate of drug-likeness (QED) is 0.851. The average molecular weight is 267 g/mol. The molecule has 0 aromatic heterocycles. The highest BCUT2D eigenvalue weighted by Gasteiger charge is 2.16. The molecule has 1 aliphatic carbocycles. The van der Waals surface area contributed by atoms with E-state index in [0.29, 0.717) is 6.42 Å². The smallest absolute Gasteiger partial charge is 0.224 e. The first kappa shape index (κ1) is 13.2. The Morgan fingerprint density at radius 1 is 1.05 bits per heavy atom. The second-order valence-electron chi connectivity index (χ2n) is 5.80. The topological polar surface area (TPSA) is 29.1 Å². The van der Waals surface area contributed by atoms with Crippen LogP contribution in [0.3, 0.4) is 0 Å². The Bertz CT molecular complexity index is 599. The fourth-order valence-electron chi connectivity index (χ4n) is 3.12. The average Bonchev–Trinajstić information content (AvgIpc) is 2.98. The van der Waals surface area contributed by atoms with E-state index in [1.807, 2.05) is 24.3 Å². The molecule has 0 aliphatic heterocycles. The van der Waals surface area contributed by atoms with Crippen molar-refractivity contribution in [2.45, 2.75) is 38.5 Å². The fourth-order valence-corrected chi connectivity index (χ4v) is 3.12. The van der Waals surface area contributed by atoms with Crippen LogP contribution in [0.2, 0.25) is 0 Å². The lowest BCUT2D eigenvalue weighted by Gasteiger charge is -2.09. The summed E-state index contributed by atoms with van der Waals surface area (Å²) in [5.41, 5.74) is 0.903. The highest BCUT2D eigenvalue weighted by atomic mass is 16.1. The van der Waals surface area contributed by atoms with E-state index in [0.717, 1.165) is 18.0 Å². The molecule has 0 radical (unpaired) electrons. The van der Waals surface area contributed by atoms with E-state index in [-0.39, 0.29) is 5.91 Å². The standard InChI is InChI=1S/C18H21NO/c20-18(12-9-14-5-1-2-6-14)19-17-11-10-15-7-3-4-8-16(15)13-17/h3-4,7-8,10-11,13-14H,1-2,5-6,9,12H2,(H,19,20). The number of rotatable bonds is 4. The number of carbonyl (C=O) groups excluding carboxylic acids is 1. The summed E-state index contributed by atoms with van der Waals surface area (Å²) in [6.45, 7) is 0. The molecule has 2 aromatic rings. The predicted molar refractivity (Wildman–Crippen MR) is 83.8 cm³/mol. The number of hydrogen-bond acceptors (Lipinski definition) is 1. The van der Waals surface area contributed by atoms with Crippen molar-refractivity contribution in [3.63, 3.8) is 0 Å². The van der Waals surface area contributed by atoms with Crippen LogP contribution in [0.5, 0.6) is 0 Å². The molecule has 3 rings (SSSR count). The zero-order chi connectivity index (χ0) is 13.8. The first-order valence-corrected chi connectivity index (χ1v) is 7.60. The van der Waals surface area contributed by atoms with Crippen LogP contribution >= 0.6 is 0 Å². The van der Waals surface area contributed by atoms with Crippen LogP contribution in [-0.2, 0) is 4.79 Å². The number of amides is 1. The molecule has 20 heavy (non-hydrogen) atoms. The molecule has 1 fully saturated rings. The molecule has 1 aliphatic rings. The monoisotopic (exact) mass is 267 g/mol. The number of carbonyl (C=O) groups is 1. The summed E-state index contributed by atoms with van der Waals surface area (Å²) in [5.74, 6) is 0.921. The first-order valence-electron chi connectivity index (χ1n) is 7.60. The minimum Gasteiger partial charge on any atom is -0.326 e. The molecule has 2 nitrogen and oxygen atoms in total. The second kappa shape index (κ2) is 6.08. The highest BCUT2D eigenvalue weighted by Crippen LogP contribution is 2.28. The lowest BCUT2D eigenvalue weighted by Crippen LogP contribution is -2.12. The van der Waals surface area contributed by atoms with Crippen LogP contribution in [-0.4, -0.2) is 5.91 Å². The maximum atomic E-state index is 12.0. The summed E-state index contributed by atoms with van der Waals surface area (Å²) < 4.78 is 0. The van der Waals surface area contributed by atoms with Gasteiger partial charge in [-0.1, -0.05) is 56.0 Å². The Morgan fingerprint density at radius 3 is 2.60 bits per heavy atom. The Hall–Kier alpha value is -1.83. The molecule has 1 amide bonds. The first-order chi connectivity index (χ1) is 9.81. The van der Waals surface area contributed by atoms with Gasteiger partial charge in [-0.05, 0) is 35.2 Å². The molecule has 0 spiro atoms. The van der Waals surface area contributed by atoms with Gasteiger partial charge in [0.2, 0.25) is 5.91 Å². The Kier molecular flexibility index (Phi) is 4.00. The number of hydrogen-bond donors (Lipinski definition) is 1. The molecule has 104 valence electrons. The number of nitrogens with one attached hydrogen (secondary N) is 1. The van der Waals surface area contributed by atoms with E-state index in [1.165, 1.54) is 36.5 Å². The van der Waals surface area contributed by atoms with Gasteiger partial charge in [0.1, 0.15) is 0 Å². The van der Waals surface area contributed by atoms with E-state index >= 15 is 0 Å². The van der Waals surface area contributed by atoms with E-state index < -0.39 is 0 Å². The van der Waals surface area contributed by atoms with Crippen molar-refractivity contribution in [1.82, 2.24) is 0 Å². The number of benzene rings is 2. The molecule has 1 N–H and O–H groups in total. The van der Waals surface area contributed by atoms with Crippen LogP contribution in [0, 0.1) is 5.92 Å². The zero-order valence-electron chi connectivity index (χ0n) is 11.8. The maximum absolute atomic E-state index is 12.0. The molecule has 2 aromatic carbocycles. The van der Waals surface area contributed by atoms with Gasteiger partial charge in [0, 0.05) is 12.1 Å². The van der Waals surface area contributed by atoms with Crippen molar-refractivity contribution in [3.05, 3.63) is 42.5 Å². The molecule has 0 heterocycles. The lowest BCUT2D eigenvalue weighted by atomic mass is 10.0. The minimum atomic E-state index is 0.146. The number of fused-ring (bicyclic) bond motifs is 1. The van der Waals surface area contributed by atoms with Gasteiger partial charge in [0.05, 0.1) is 0 Å². The van der Waals surface area contributed by atoms with Gasteiger partial charge < -0.3 is 5.32 Å². The van der Waals surface area contributed by atoms with Crippen LogP contribution in [0.4, 0.5) is 5.69 Å². The minimum absolute atomic E-state index is 0.146. The molecular weight excluding hydrogens is 246 g/mol. The van der Waals surface area contributed by atoms with Gasteiger partial charge in [0.15, 0.2) is 0 Å². The van der Waals surface area contributed by atoms with Crippen LogP contribution in [0.25, 0.3) is 10.8 Å². The molecule has 2 heteroatoms. The van der Waals surface area contributed by atoms with Crippen LogP contribution in [0.1, 0.15) is 38.5 Å². The van der Waals surface area contributed by atoms with E-state index in [9.17, 15) is 4.79 Å². The van der Waals surface area contributed by atoms with Crippen molar-refractivity contribution in [2.75, 3.05) is 5.32 Å². The van der Waals surface area contributed by atoms with Gasteiger partial charge in [0.25, 0.3) is 0 Å². The van der Waals surface area contributed by atoms with Gasteiger partial charge in [-0.2, -0.15) is 0 Å². The van der Waals surface area contributed by atoms with Crippen LogP contribution < -0.4 is 5.32 Å². The summed E-state index contributed by atoms with van der Waals surface area (Å²) >= 11 is 0. The van der Waals surface area contributed by atoms with Gasteiger partial charge >= 0.3 is 0 Å². The molecule has 0 saturated heterocycles. The molecular formula is C18H21NO. The number of anilines is 1. The van der Waals surface area contributed by atoms with Gasteiger partial charge in [-0.3, -0.25) is 4.79 Å². The summed E-state index contributed by atoms with van der Waals surface area (Å²) in [6.07, 6.45) is 7.00. The SMILES string of the molecule is O=C(CCC1CCCC1)Nc1ccc2ccccc2c1. The summed E-state index contributed by atoms with van der Waals surface area (Å²) in [7, 11) is 0. The summed E-state index contributed by atoms with van der Waals surface area (Å²) in [5, 5.41) is 5.39. The molecule has 0 atom stereocenters. The Morgan fingerprint density at radius 2 is 1.80 bits per heavy atom. The third kappa shape index (κ3) is 3.19. The lowest BCUT2D eigenvalue weighted by molar-refractivity contribution is -0.116. The maximum Gasteiger partial charge on any atom is 0.224 e. The third-order valence-corrected chi connectivity index (χ3v) is 4.29. The largest absolute Gasteiger partial charge is 0.326 e. The van der Waals surface area contributed by atoms with Crippen molar-refractivity contribution < 1.29 is 4.79 Å². The fraction of sp³-hybridized carbons (Fsp3) is 0.389. The Labute approximate surface area is 120 Å². The van der Waals surface area contributed by atoms with Crippen molar-refractivity contribution in [3.8, 4) is 0 Å². The molecule has 0 unspecified atom stereocenters. The molecule has 1 saturated carbocycles. The molecule has 0 bridgehead atoms.